The summed E-state index contributed by atoms with van der Waals surface area (Å²) >= 11 is 0. The minimum absolute atomic E-state index is 0.122. The van der Waals surface area contributed by atoms with Crippen LogP contribution in [0.15, 0.2) is 18.2 Å². The number of carbonyl (C=O) groups is 1. The molecule has 0 aromatic heterocycles. The smallest absolute Gasteiger partial charge is 0.251 e. The minimum Gasteiger partial charge on any atom is -0.350 e. The van der Waals surface area contributed by atoms with Crippen molar-refractivity contribution in [2.45, 2.75) is 32.7 Å². The van der Waals surface area contributed by atoms with Gasteiger partial charge in [0.25, 0.3) is 5.91 Å². The molecule has 1 N–H and O–H groups in total. The second-order valence-electron chi connectivity index (χ2n) is 5.26. The number of nitrogens with one attached hydrogen (secondary N) is 1. The van der Waals surface area contributed by atoms with Crippen LogP contribution in [0.25, 0.3) is 0 Å². The molecule has 0 saturated carbocycles. The number of halogens is 1. The Kier molecular flexibility index (Phi) is 4.53. The Labute approximate surface area is 113 Å². The quantitative estimate of drug-likeness (QED) is 0.905. The van der Waals surface area contributed by atoms with E-state index in [9.17, 15) is 9.18 Å². The summed E-state index contributed by atoms with van der Waals surface area (Å²) in [6.45, 7) is 6.75. The van der Waals surface area contributed by atoms with E-state index in [0.29, 0.717) is 23.7 Å². The van der Waals surface area contributed by atoms with Crippen molar-refractivity contribution in [3.05, 3.63) is 35.1 Å². The Morgan fingerprint density at radius 1 is 1.42 bits per heavy atom. The Bertz CT molecular complexity index is 455. The fourth-order valence-electron chi connectivity index (χ4n) is 2.53. The fraction of sp³-hybridized carbons (Fsp3) is 0.533. The largest absolute Gasteiger partial charge is 0.350 e. The van der Waals surface area contributed by atoms with E-state index in [1.165, 1.54) is 25.0 Å². The van der Waals surface area contributed by atoms with Crippen molar-refractivity contribution in [3.63, 3.8) is 0 Å². The maximum Gasteiger partial charge on any atom is 0.251 e. The molecule has 3 nitrogen and oxygen atoms in total. The van der Waals surface area contributed by atoms with Crippen LogP contribution in [0.4, 0.5) is 4.39 Å². The van der Waals surface area contributed by atoms with E-state index in [-0.39, 0.29) is 11.7 Å². The van der Waals surface area contributed by atoms with Crippen LogP contribution in [-0.2, 0) is 0 Å². The minimum atomic E-state index is -0.306. The predicted molar refractivity (Wildman–Crippen MR) is 73.7 cm³/mol. The van der Waals surface area contributed by atoms with Crippen molar-refractivity contribution in [2.75, 3.05) is 19.6 Å². The monoisotopic (exact) mass is 264 g/mol. The van der Waals surface area contributed by atoms with Crippen LogP contribution in [0, 0.1) is 12.7 Å². The molecule has 1 heterocycles. The lowest BCUT2D eigenvalue weighted by molar-refractivity contribution is 0.0939. The SMILES string of the molecule is Cc1cc(F)ccc1C(=O)NCC(C)N1CCCC1. The Hall–Kier alpha value is -1.42. The molecule has 1 aliphatic heterocycles. The molecule has 19 heavy (non-hydrogen) atoms. The number of amides is 1. The van der Waals surface area contributed by atoms with Gasteiger partial charge < -0.3 is 5.32 Å². The van der Waals surface area contributed by atoms with Crippen molar-refractivity contribution >= 4 is 5.91 Å². The standard InChI is InChI=1S/C15H21FN2O/c1-11-9-13(16)5-6-14(11)15(19)17-10-12(2)18-7-3-4-8-18/h5-6,9,12H,3-4,7-8,10H2,1-2H3,(H,17,19). The Morgan fingerprint density at radius 3 is 2.74 bits per heavy atom. The molecule has 4 heteroatoms. The number of hydrogen-bond donors (Lipinski definition) is 1. The second-order valence-corrected chi connectivity index (χ2v) is 5.26. The predicted octanol–water partition coefficient (Wildman–Crippen LogP) is 2.35. The summed E-state index contributed by atoms with van der Waals surface area (Å²) in [6.07, 6.45) is 2.49. The topological polar surface area (TPSA) is 32.3 Å². The van der Waals surface area contributed by atoms with Gasteiger partial charge in [0.2, 0.25) is 0 Å². The van der Waals surface area contributed by atoms with E-state index < -0.39 is 0 Å². The molecule has 104 valence electrons. The Balaban J connectivity index is 1.90. The van der Waals surface area contributed by atoms with E-state index in [0.717, 1.165) is 13.1 Å². The first-order valence-corrected chi connectivity index (χ1v) is 6.86. The van der Waals surface area contributed by atoms with Gasteiger partial charge in [-0.1, -0.05) is 0 Å². The summed E-state index contributed by atoms with van der Waals surface area (Å²) in [5.41, 5.74) is 1.22. The van der Waals surface area contributed by atoms with Gasteiger partial charge >= 0.3 is 0 Å². The number of nitrogens with zero attached hydrogens (tertiary/aromatic N) is 1. The summed E-state index contributed by atoms with van der Waals surface area (Å²) in [7, 11) is 0. The van der Waals surface area contributed by atoms with Crippen LogP contribution in [0.1, 0.15) is 35.7 Å². The van der Waals surface area contributed by atoms with Crippen molar-refractivity contribution < 1.29 is 9.18 Å². The summed E-state index contributed by atoms with van der Waals surface area (Å²) in [4.78, 5) is 14.4. The normalized spacial score (nSPS) is 17.4. The highest BCUT2D eigenvalue weighted by Crippen LogP contribution is 2.12. The average Bonchev–Trinajstić information content (AvgIpc) is 2.89. The van der Waals surface area contributed by atoms with Crippen LogP contribution in [0.2, 0.25) is 0 Å². The van der Waals surface area contributed by atoms with Gasteiger partial charge in [0.05, 0.1) is 0 Å². The maximum absolute atomic E-state index is 13.0. The molecule has 0 bridgehead atoms. The zero-order chi connectivity index (χ0) is 13.8. The number of hydrogen-bond acceptors (Lipinski definition) is 2. The van der Waals surface area contributed by atoms with E-state index in [2.05, 4.69) is 17.1 Å². The van der Waals surface area contributed by atoms with Crippen molar-refractivity contribution in [1.82, 2.24) is 10.2 Å². The van der Waals surface area contributed by atoms with E-state index in [1.54, 1.807) is 13.0 Å². The molecule has 1 amide bonds. The molecule has 1 saturated heterocycles. The molecular weight excluding hydrogens is 243 g/mol. The molecule has 1 aromatic carbocycles. The van der Waals surface area contributed by atoms with Gasteiger partial charge in [-0.25, -0.2) is 4.39 Å². The highest BCUT2D eigenvalue weighted by molar-refractivity contribution is 5.95. The van der Waals surface area contributed by atoms with E-state index in [1.807, 2.05) is 0 Å². The number of benzene rings is 1. The third kappa shape index (κ3) is 3.53. The number of rotatable bonds is 4. The zero-order valence-electron chi connectivity index (χ0n) is 11.6. The summed E-state index contributed by atoms with van der Waals surface area (Å²) in [5.74, 6) is -0.428. The third-order valence-corrected chi connectivity index (χ3v) is 3.76. The molecule has 0 radical (unpaired) electrons. The van der Waals surface area contributed by atoms with Gasteiger partial charge in [0, 0.05) is 18.2 Å². The number of aryl methyl sites for hydroxylation is 1. The van der Waals surface area contributed by atoms with E-state index in [4.69, 9.17) is 0 Å². The molecule has 1 aliphatic rings. The molecule has 1 aromatic rings. The molecule has 0 aliphatic carbocycles. The van der Waals surface area contributed by atoms with Crippen LogP contribution in [0.3, 0.4) is 0 Å². The van der Waals surface area contributed by atoms with Crippen LogP contribution in [-0.4, -0.2) is 36.5 Å². The van der Waals surface area contributed by atoms with Crippen LogP contribution in [0.5, 0.6) is 0 Å². The summed E-state index contributed by atoms with van der Waals surface area (Å²) in [5, 5.41) is 2.93. The van der Waals surface area contributed by atoms with Gasteiger partial charge in [0.15, 0.2) is 0 Å². The van der Waals surface area contributed by atoms with Crippen molar-refractivity contribution in [2.24, 2.45) is 0 Å². The maximum atomic E-state index is 13.0. The first kappa shape index (κ1) is 14.0. The first-order valence-electron chi connectivity index (χ1n) is 6.86. The molecule has 1 atom stereocenters. The van der Waals surface area contributed by atoms with Crippen LogP contribution >= 0.6 is 0 Å². The summed E-state index contributed by atoms with van der Waals surface area (Å²) in [6, 6.07) is 4.61. The van der Waals surface area contributed by atoms with Crippen LogP contribution < -0.4 is 5.32 Å². The third-order valence-electron chi connectivity index (χ3n) is 3.76. The number of carbonyl (C=O) groups excluding carboxylic acids is 1. The average molecular weight is 264 g/mol. The summed E-state index contributed by atoms with van der Waals surface area (Å²) < 4.78 is 13.0. The molecule has 2 rings (SSSR count). The van der Waals surface area contributed by atoms with Crippen molar-refractivity contribution in [3.8, 4) is 0 Å². The van der Waals surface area contributed by atoms with Gasteiger partial charge in [0.1, 0.15) is 5.82 Å². The van der Waals surface area contributed by atoms with E-state index >= 15 is 0 Å². The van der Waals surface area contributed by atoms with Gasteiger partial charge in [-0.2, -0.15) is 0 Å². The first-order chi connectivity index (χ1) is 9.08. The lowest BCUT2D eigenvalue weighted by Gasteiger charge is -2.24. The van der Waals surface area contributed by atoms with Crippen molar-refractivity contribution in [1.29, 1.82) is 0 Å². The fourth-order valence-corrected chi connectivity index (χ4v) is 2.53. The Morgan fingerprint density at radius 2 is 2.11 bits per heavy atom. The lowest BCUT2D eigenvalue weighted by atomic mass is 10.1. The second kappa shape index (κ2) is 6.15. The molecular formula is C15H21FN2O. The zero-order valence-corrected chi connectivity index (χ0v) is 11.6. The lowest BCUT2D eigenvalue weighted by Crippen LogP contribution is -2.40. The van der Waals surface area contributed by atoms with Gasteiger partial charge in [-0.05, 0) is 63.5 Å². The molecule has 1 unspecified atom stereocenters. The number of likely N-dealkylation sites (tertiary alicyclic amines) is 1. The highest BCUT2D eigenvalue weighted by Gasteiger charge is 2.19. The highest BCUT2D eigenvalue weighted by atomic mass is 19.1. The molecule has 1 fully saturated rings. The van der Waals surface area contributed by atoms with Gasteiger partial charge in [-0.3, -0.25) is 9.69 Å². The van der Waals surface area contributed by atoms with Gasteiger partial charge in [-0.15, -0.1) is 0 Å². The molecule has 0 spiro atoms.